The molecular formula is C21H15BrClNO4S. The van der Waals surface area contributed by atoms with Gasteiger partial charge in [0.05, 0.1) is 23.0 Å². The summed E-state index contributed by atoms with van der Waals surface area (Å²) in [6.45, 7) is 0.281. The number of hydrogen-bond acceptors (Lipinski definition) is 5. The molecule has 1 saturated heterocycles. The Morgan fingerprint density at radius 1 is 1.28 bits per heavy atom. The third-order valence-electron chi connectivity index (χ3n) is 3.97. The highest BCUT2D eigenvalue weighted by Crippen LogP contribution is 2.39. The van der Waals surface area contributed by atoms with E-state index in [2.05, 4.69) is 21.9 Å². The van der Waals surface area contributed by atoms with Crippen molar-refractivity contribution >= 4 is 56.5 Å². The quantitative estimate of drug-likeness (QED) is 0.401. The van der Waals surface area contributed by atoms with Gasteiger partial charge in [-0.1, -0.05) is 29.7 Å². The van der Waals surface area contributed by atoms with Gasteiger partial charge in [0.2, 0.25) is 0 Å². The predicted octanol–water partition coefficient (Wildman–Crippen LogP) is 5.36. The zero-order valence-corrected chi connectivity index (χ0v) is 18.4. The molecule has 0 spiro atoms. The molecule has 2 aromatic rings. The van der Waals surface area contributed by atoms with Crippen molar-refractivity contribution in [2.24, 2.45) is 0 Å². The van der Waals surface area contributed by atoms with Crippen molar-refractivity contribution in [1.82, 2.24) is 4.90 Å². The summed E-state index contributed by atoms with van der Waals surface area (Å²) >= 11 is 10.2. The number of ether oxygens (including phenoxy) is 2. The van der Waals surface area contributed by atoms with Crippen LogP contribution in [-0.4, -0.2) is 29.7 Å². The van der Waals surface area contributed by atoms with Gasteiger partial charge in [-0.15, -0.1) is 6.42 Å². The molecule has 3 rings (SSSR count). The van der Waals surface area contributed by atoms with Crippen molar-refractivity contribution in [2.45, 2.75) is 6.61 Å². The Balaban J connectivity index is 1.83. The Bertz CT molecular complexity index is 1030. The van der Waals surface area contributed by atoms with E-state index in [1.807, 2.05) is 12.1 Å². The number of methoxy groups -OCH3 is 1. The molecule has 0 radical (unpaired) electrons. The normalized spacial score (nSPS) is 15.0. The topological polar surface area (TPSA) is 55.8 Å². The average molecular weight is 493 g/mol. The predicted molar refractivity (Wildman–Crippen MR) is 118 cm³/mol. The standard InChI is InChI=1S/C21H15BrClNO4S/c1-3-8-24-20(25)18(29-21(24)26)11-14-9-16(22)19(17(10-14)27-2)28-12-13-4-6-15(23)7-5-13/h1,4-7,9-11H,8,12H2,2H3/b18-11-. The lowest BCUT2D eigenvalue weighted by atomic mass is 10.1. The van der Waals surface area contributed by atoms with Gasteiger partial charge in [-0.2, -0.15) is 0 Å². The molecule has 1 aliphatic rings. The van der Waals surface area contributed by atoms with Crippen molar-refractivity contribution < 1.29 is 19.1 Å². The number of terminal acetylenes is 1. The Morgan fingerprint density at radius 3 is 2.66 bits per heavy atom. The molecule has 0 atom stereocenters. The minimum atomic E-state index is -0.406. The maximum atomic E-state index is 12.3. The monoisotopic (exact) mass is 491 g/mol. The zero-order chi connectivity index (χ0) is 21.0. The second-order valence-corrected chi connectivity index (χ2v) is 8.21. The fourth-order valence-corrected chi connectivity index (χ4v) is 4.12. The smallest absolute Gasteiger partial charge is 0.294 e. The van der Waals surface area contributed by atoms with Crippen LogP contribution in [0.1, 0.15) is 11.1 Å². The summed E-state index contributed by atoms with van der Waals surface area (Å²) < 4.78 is 12.0. The number of benzene rings is 2. The van der Waals surface area contributed by atoms with Gasteiger partial charge >= 0.3 is 0 Å². The molecule has 0 bridgehead atoms. The molecule has 2 aromatic carbocycles. The van der Waals surface area contributed by atoms with Crippen molar-refractivity contribution in [3.05, 3.63) is 61.9 Å². The Labute approximate surface area is 186 Å². The first-order valence-electron chi connectivity index (χ1n) is 8.36. The van der Waals surface area contributed by atoms with E-state index in [-0.39, 0.29) is 11.8 Å². The van der Waals surface area contributed by atoms with E-state index in [9.17, 15) is 9.59 Å². The van der Waals surface area contributed by atoms with Crippen LogP contribution < -0.4 is 9.47 Å². The van der Waals surface area contributed by atoms with Crippen LogP contribution in [0.4, 0.5) is 4.79 Å². The second kappa shape index (κ2) is 9.40. The zero-order valence-electron chi connectivity index (χ0n) is 15.3. The SMILES string of the molecule is C#CCN1C(=O)S/C(=C\c2cc(Br)c(OCc3ccc(Cl)cc3)c(OC)c2)C1=O. The van der Waals surface area contributed by atoms with Gasteiger partial charge in [-0.05, 0) is 69.2 Å². The van der Waals surface area contributed by atoms with Gasteiger partial charge in [0.15, 0.2) is 11.5 Å². The van der Waals surface area contributed by atoms with E-state index in [4.69, 9.17) is 27.5 Å². The van der Waals surface area contributed by atoms with Crippen LogP contribution in [0.3, 0.4) is 0 Å². The van der Waals surface area contributed by atoms with Crippen LogP contribution in [-0.2, 0) is 11.4 Å². The number of imide groups is 1. The molecule has 0 unspecified atom stereocenters. The van der Waals surface area contributed by atoms with Crippen molar-refractivity contribution in [3.8, 4) is 23.8 Å². The van der Waals surface area contributed by atoms with Crippen LogP contribution in [0, 0.1) is 12.3 Å². The van der Waals surface area contributed by atoms with E-state index >= 15 is 0 Å². The van der Waals surface area contributed by atoms with Crippen LogP contribution in [0.2, 0.25) is 5.02 Å². The largest absolute Gasteiger partial charge is 0.493 e. The second-order valence-electron chi connectivity index (χ2n) is 5.92. The van der Waals surface area contributed by atoms with Crippen LogP contribution in [0.15, 0.2) is 45.8 Å². The molecule has 0 N–H and O–H groups in total. The first-order chi connectivity index (χ1) is 13.9. The molecule has 5 nitrogen and oxygen atoms in total. The van der Waals surface area contributed by atoms with Crippen molar-refractivity contribution in [3.63, 3.8) is 0 Å². The molecule has 1 fully saturated rings. The molecular weight excluding hydrogens is 478 g/mol. The molecule has 148 valence electrons. The maximum Gasteiger partial charge on any atom is 0.294 e. The Kier molecular flexibility index (Phi) is 6.91. The summed E-state index contributed by atoms with van der Waals surface area (Å²) in [5, 5.41) is 0.275. The van der Waals surface area contributed by atoms with Gasteiger partial charge in [0.25, 0.3) is 11.1 Å². The molecule has 0 aliphatic carbocycles. The summed E-state index contributed by atoms with van der Waals surface area (Å²) in [6.07, 6.45) is 6.84. The first-order valence-corrected chi connectivity index (χ1v) is 10.3. The number of carbonyl (C=O) groups is 2. The fourth-order valence-electron chi connectivity index (χ4n) is 2.58. The van der Waals surface area contributed by atoms with Crippen molar-refractivity contribution in [2.75, 3.05) is 13.7 Å². The molecule has 29 heavy (non-hydrogen) atoms. The number of halogens is 2. The number of thioether (sulfide) groups is 1. The number of carbonyl (C=O) groups excluding carboxylic acids is 2. The van der Waals surface area contributed by atoms with Crippen LogP contribution in [0.25, 0.3) is 6.08 Å². The fraction of sp³-hybridized carbons (Fsp3) is 0.143. The maximum absolute atomic E-state index is 12.3. The summed E-state index contributed by atoms with van der Waals surface area (Å²) in [5.41, 5.74) is 1.63. The van der Waals surface area contributed by atoms with Crippen molar-refractivity contribution in [1.29, 1.82) is 0 Å². The minimum absolute atomic E-state index is 0.0491. The van der Waals surface area contributed by atoms with E-state index in [0.29, 0.717) is 38.1 Å². The van der Waals surface area contributed by atoms with Gasteiger partial charge < -0.3 is 9.47 Å². The Morgan fingerprint density at radius 2 is 2.00 bits per heavy atom. The summed E-state index contributed by atoms with van der Waals surface area (Å²) in [5.74, 6) is 2.92. The average Bonchev–Trinajstić information content (AvgIpc) is 2.96. The third kappa shape index (κ3) is 4.96. The van der Waals surface area contributed by atoms with Gasteiger partial charge in [0, 0.05) is 5.02 Å². The molecule has 1 heterocycles. The molecule has 8 heteroatoms. The van der Waals surface area contributed by atoms with Crippen LogP contribution >= 0.6 is 39.3 Å². The highest BCUT2D eigenvalue weighted by molar-refractivity contribution is 9.10. The molecule has 0 saturated carbocycles. The lowest BCUT2D eigenvalue weighted by Gasteiger charge is -2.14. The van der Waals surface area contributed by atoms with E-state index in [0.717, 1.165) is 22.2 Å². The molecule has 1 aliphatic heterocycles. The lowest BCUT2D eigenvalue weighted by Crippen LogP contribution is -2.28. The molecule has 0 aromatic heterocycles. The first kappa shape index (κ1) is 21.3. The number of hydrogen-bond donors (Lipinski definition) is 0. The van der Waals surface area contributed by atoms with E-state index in [1.54, 1.807) is 30.3 Å². The van der Waals surface area contributed by atoms with Gasteiger partial charge in [-0.3, -0.25) is 14.5 Å². The van der Waals surface area contributed by atoms with Gasteiger partial charge in [0.1, 0.15) is 6.61 Å². The minimum Gasteiger partial charge on any atom is -0.493 e. The van der Waals surface area contributed by atoms with E-state index < -0.39 is 5.91 Å². The molecule has 2 amide bonds. The number of rotatable bonds is 6. The number of amides is 2. The summed E-state index contributed by atoms with van der Waals surface area (Å²) in [4.78, 5) is 25.6. The van der Waals surface area contributed by atoms with Crippen LogP contribution in [0.5, 0.6) is 11.5 Å². The summed E-state index contributed by atoms with van der Waals surface area (Å²) in [7, 11) is 1.53. The Hall–Kier alpha value is -2.40. The van der Waals surface area contributed by atoms with E-state index in [1.165, 1.54) is 7.11 Å². The number of nitrogens with zero attached hydrogens (tertiary/aromatic N) is 1. The highest BCUT2D eigenvalue weighted by atomic mass is 79.9. The lowest BCUT2D eigenvalue weighted by molar-refractivity contribution is -0.122. The third-order valence-corrected chi connectivity index (χ3v) is 5.72. The summed E-state index contributed by atoms with van der Waals surface area (Å²) in [6, 6.07) is 10.9. The highest BCUT2D eigenvalue weighted by Gasteiger charge is 2.34. The van der Waals surface area contributed by atoms with Gasteiger partial charge in [-0.25, -0.2) is 0 Å².